The van der Waals surface area contributed by atoms with Gasteiger partial charge in [0.05, 0.1) is 17.8 Å². The molecule has 140 valence electrons. The zero-order valence-corrected chi connectivity index (χ0v) is 15.1. The lowest BCUT2D eigenvalue weighted by molar-refractivity contribution is -0.139. The van der Waals surface area contributed by atoms with Crippen molar-refractivity contribution in [1.82, 2.24) is 14.7 Å². The highest BCUT2D eigenvalue weighted by Gasteiger charge is 2.35. The topological polar surface area (TPSA) is 75.9 Å². The number of carboxylic acid groups (broad SMARTS) is 1. The van der Waals surface area contributed by atoms with E-state index < -0.39 is 11.5 Å². The largest absolute Gasteiger partial charge is 0.481 e. The van der Waals surface area contributed by atoms with Crippen molar-refractivity contribution in [1.29, 1.82) is 0 Å². The quantitative estimate of drug-likeness (QED) is 0.702. The third-order valence-corrected chi connectivity index (χ3v) is 5.25. The van der Waals surface area contributed by atoms with Crippen LogP contribution in [0.15, 0.2) is 54.7 Å². The van der Waals surface area contributed by atoms with E-state index in [9.17, 15) is 9.90 Å². The smallest absolute Gasteiger partial charge is 0.305 e. The summed E-state index contributed by atoms with van der Waals surface area (Å²) in [6.07, 6.45) is 3.47. The van der Waals surface area contributed by atoms with Crippen LogP contribution < -0.4 is 5.32 Å². The number of fused-ring (bicyclic) bond motifs is 1. The van der Waals surface area contributed by atoms with Crippen LogP contribution in [0.1, 0.15) is 25.0 Å². The molecule has 2 aromatic heterocycles. The first-order valence-corrected chi connectivity index (χ1v) is 9.23. The van der Waals surface area contributed by atoms with Gasteiger partial charge in [0.15, 0.2) is 0 Å². The van der Waals surface area contributed by atoms with Gasteiger partial charge in [0.1, 0.15) is 5.65 Å². The molecule has 3 heterocycles. The molecule has 2 N–H and O–H groups in total. The van der Waals surface area contributed by atoms with Crippen molar-refractivity contribution in [3.05, 3.63) is 60.4 Å². The van der Waals surface area contributed by atoms with Crippen LogP contribution in [-0.4, -0.2) is 39.2 Å². The van der Waals surface area contributed by atoms with Crippen LogP contribution in [0, 0.1) is 0 Å². The molecular weight excluding hydrogens is 342 g/mol. The van der Waals surface area contributed by atoms with E-state index in [0.29, 0.717) is 32.6 Å². The van der Waals surface area contributed by atoms with Gasteiger partial charge in [0, 0.05) is 37.1 Å². The first-order chi connectivity index (χ1) is 13.2. The molecule has 0 unspecified atom stereocenters. The van der Waals surface area contributed by atoms with E-state index in [1.165, 1.54) is 0 Å². The Morgan fingerprint density at radius 3 is 2.63 bits per heavy atom. The second-order valence-electron chi connectivity index (χ2n) is 7.02. The Balaban J connectivity index is 1.69. The minimum atomic E-state index is -0.786. The van der Waals surface area contributed by atoms with E-state index in [1.807, 2.05) is 54.7 Å². The van der Waals surface area contributed by atoms with Crippen LogP contribution in [0.5, 0.6) is 0 Å². The molecule has 0 atom stereocenters. The molecule has 3 aromatic rings. The summed E-state index contributed by atoms with van der Waals surface area (Å²) in [7, 11) is 0. The number of carboxylic acids is 1. The fourth-order valence-electron chi connectivity index (χ4n) is 3.78. The van der Waals surface area contributed by atoms with Crippen LogP contribution in [0.4, 0.5) is 0 Å². The average molecular weight is 365 g/mol. The van der Waals surface area contributed by atoms with E-state index in [0.717, 1.165) is 22.6 Å². The highest BCUT2D eigenvalue weighted by Crippen LogP contribution is 2.28. The number of nitrogens with one attached hydrogen (secondary N) is 1. The molecule has 1 aromatic carbocycles. The van der Waals surface area contributed by atoms with Gasteiger partial charge in [-0.2, -0.15) is 0 Å². The van der Waals surface area contributed by atoms with Gasteiger partial charge in [0.25, 0.3) is 0 Å². The average Bonchev–Trinajstić information content (AvgIpc) is 3.06. The number of aromatic nitrogens is 2. The maximum absolute atomic E-state index is 11.4. The maximum atomic E-state index is 11.4. The molecule has 0 saturated carbocycles. The molecule has 1 fully saturated rings. The van der Waals surface area contributed by atoms with Crippen molar-refractivity contribution in [2.45, 2.75) is 31.3 Å². The van der Waals surface area contributed by atoms with Crippen molar-refractivity contribution in [3.8, 4) is 11.3 Å². The summed E-state index contributed by atoms with van der Waals surface area (Å²) in [5, 5.41) is 12.9. The van der Waals surface area contributed by atoms with Gasteiger partial charge in [0.2, 0.25) is 0 Å². The van der Waals surface area contributed by atoms with Gasteiger partial charge in [-0.15, -0.1) is 0 Å². The van der Waals surface area contributed by atoms with E-state index in [2.05, 4.69) is 9.72 Å². The number of nitrogens with zero attached hydrogens (tertiary/aromatic N) is 2. The Kier molecular flexibility index (Phi) is 4.92. The van der Waals surface area contributed by atoms with Crippen molar-refractivity contribution < 1.29 is 14.6 Å². The number of aliphatic carboxylic acids is 1. The van der Waals surface area contributed by atoms with E-state index in [-0.39, 0.29) is 6.42 Å². The summed E-state index contributed by atoms with van der Waals surface area (Å²) in [5.41, 5.74) is 3.45. The second-order valence-corrected chi connectivity index (χ2v) is 7.02. The summed E-state index contributed by atoms with van der Waals surface area (Å²) in [6, 6.07) is 16.0. The van der Waals surface area contributed by atoms with Gasteiger partial charge >= 0.3 is 5.97 Å². The number of imidazole rings is 1. The molecular formula is C21H23N3O3. The van der Waals surface area contributed by atoms with Gasteiger partial charge in [-0.25, -0.2) is 4.98 Å². The van der Waals surface area contributed by atoms with E-state index >= 15 is 0 Å². The van der Waals surface area contributed by atoms with Crippen LogP contribution in [-0.2, 0) is 16.1 Å². The first-order valence-electron chi connectivity index (χ1n) is 9.23. The zero-order valence-electron chi connectivity index (χ0n) is 15.1. The molecule has 1 aliphatic rings. The number of hydrogen-bond acceptors (Lipinski definition) is 4. The maximum Gasteiger partial charge on any atom is 0.305 e. The van der Waals surface area contributed by atoms with Gasteiger partial charge in [-0.05, 0) is 25.0 Å². The second kappa shape index (κ2) is 7.50. The van der Waals surface area contributed by atoms with Gasteiger partial charge < -0.3 is 19.6 Å². The lowest BCUT2D eigenvalue weighted by Gasteiger charge is -2.37. The fourth-order valence-corrected chi connectivity index (χ4v) is 3.78. The Hall–Kier alpha value is -2.70. The summed E-state index contributed by atoms with van der Waals surface area (Å²) in [5.74, 6) is -0.786. The van der Waals surface area contributed by atoms with Crippen LogP contribution >= 0.6 is 0 Å². The van der Waals surface area contributed by atoms with Gasteiger partial charge in [-0.1, -0.05) is 36.4 Å². The Morgan fingerprint density at radius 2 is 1.89 bits per heavy atom. The molecule has 6 nitrogen and oxygen atoms in total. The monoisotopic (exact) mass is 365 g/mol. The number of ether oxygens (including phenoxy) is 1. The van der Waals surface area contributed by atoms with Crippen molar-refractivity contribution in [3.63, 3.8) is 0 Å². The van der Waals surface area contributed by atoms with Crippen LogP contribution in [0.2, 0.25) is 0 Å². The molecule has 27 heavy (non-hydrogen) atoms. The fraction of sp³-hybridized carbons (Fsp3) is 0.333. The number of benzene rings is 1. The summed E-state index contributed by atoms with van der Waals surface area (Å²) < 4.78 is 7.53. The summed E-state index contributed by atoms with van der Waals surface area (Å²) in [4.78, 5) is 16.2. The minimum Gasteiger partial charge on any atom is -0.481 e. The number of carbonyl (C=O) groups is 1. The predicted octanol–water partition coefficient (Wildman–Crippen LogP) is 3.11. The Bertz CT molecular complexity index is 930. The lowest BCUT2D eigenvalue weighted by Crippen LogP contribution is -2.50. The lowest BCUT2D eigenvalue weighted by atomic mass is 9.86. The van der Waals surface area contributed by atoms with E-state index in [1.54, 1.807) is 0 Å². The summed E-state index contributed by atoms with van der Waals surface area (Å²) >= 11 is 0. The third kappa shape index (κ3) is 3.72. The number of pyridine rings is 1. The predicted molar refractivity (Wildman–Crippen MR) is 103 cm³/mol. The Labute approximate surface area is 157 Å². The Morgan fingerprint density at radius 1 is 1.15 bits per heavy atom. The highest BCUT2D eigenvalue weighted by molar-refractivity contribution is 5.69. The molecule has 0 radical (unpaired) electrons. The molecule has 4 rings (SSSR count). The number of hydrogen-bond donors (Lipinski definition) is 2. The number of rotatable bonds is 6. The zero-order chi connectivity index (χ0) is 18.7. The molecule has 6 heteroatoms. The first kappa shape index (κ1) is 17.7. The van der Waals surface area contributed by atoms with Crippen molar-refractivity contribution in [2.24, 2.45) is 0 Å². The van der Waals surface area contributed by atoms with Gasteiger partial charge in [-0.3, -0.25) is 4.79 Å². The van der Waals surface area contributed by atoms with Crippen molar-refractivity contribution in [2.75, 3.05) is 13.2 Å². The molecule has 0 spiro atoms. The standard InChI is InChI=1S/C21H23N3O3/c25-19(26)14-21(9-12-27-13-10-21)22-15-17-20(16-6-2-1-3-7-16)23-18-8-4-5-11-24(17)18/h1-8,11,22H,9-10,12-15H2,(H,25,26). The van der Waals surface area contributed by atoms with Crippen LogP contribution in [0.3, 0.4) is 0 Å². The van der Waals surface area contributed by atoms with Crippen LogP contribution in [0.25, 0.3) is 16.9 Å². The molecule has 0 bridgehead atoms. The SMILES string of the molecule is O=C(O)CC1(NCc2c(-c3ccccc3)nc3ccccn23)CCOCC1. The molecule has 0 amide bonds. The van der Waals surface area contributed by atoms with Crippen molar-refractivity contribution >= 4 is 11.6 Å². The normalized spacial score (nSPS) is 16.4. The molecule has 1 aliphatic heterocycles. The highest BCUT2D eigenvalue weighted by atomic mass is 16.5. The van der Waals surface area contributed by atoms with E-state index in [4.69, 9.17) is 9.72 Å². The molecule has 1 saturated heterocycles. The summed E-state index contributed by atoms with van der Waals surface area (Å²) in [6.45, 7) is 1.71. The third-order valence-electron chi connectivity index (χ3n) is 5.25. The minimum absolute atomic E-state index is 0.0910. The molecule has 0 aliphatic carbocycles.